The van der Waals surface area contributed by atoms with Crippen molar-refractivity contribution in [2.75, 3.05) is 26.8 Å². The van der Waals surface area contributed by atoms with Crippen LogP contribution in [-0.2, 0) is 14.3 Å². The molecule has 0 radical (unpaired) electrons. The normalized spacial score (nSPS) is 21.8. The van der Waals surface area contributed by atoms with E-state index in [1.54, 1.807) is 0 Å². The fraction of sp³-hybridized carbons (Fsp3) is 0.889. The number of esters is 1. The van der Waals surface area contributed by atoms with Crippen LogP contribution < -0.4 is 5.32 Å². The number of carbonyl (C=O) groups is 1. The van der Waals surface area contributed by atoms with Crippen molar-refractivity contribution in [3.8, 4) is 0 Å². The van der Waals surface area contributed by atoms with Crippen molar-refractivity contribution in [2.24, 2.45) is 0 Å². The molecule has 0 aromatic carbocycles. The average molecular weight is 187 g/mol. The Morgan fingerprint density at radius 3 is 3.15 bits per heavy atom. The van der Waals surface area contributed by atoms with Gasteiger partial charge in [-0.2, -0.15) is 0 Å². The number of hydrogen-bond acceptors (Lipinski definition) is 4. The van der Waals surface area contributed by atoms with E-state index in [0.717, 1.165) is 19.4 Å². The Morgan fingerprint density at radius 2 is 2.54 bits per heavy atom. The molecule has 0 spiro atoms. The molecule has 1 aliphatic rings. The first-order valence-corrected chi connectivity index (χ1v) is 4.74. The zero-order valence-corrected chi connectivity index (χ0v) is 8.04. The van der Waals surface area contributed by atoms with Gasteiger partial charge < -0.3 is 14.8 Å². The van der Waals surface area contributed by atoms with Gasteiger partial charge in [-0.1, -0.05) is 0 Å². The second-order valence-corrected chi connectivity index (χ2v) is 3.17. The molecular weight excluding hydrogens is 170 g/mol. The van der Waals surface area contributed by atoms with Gasteiger partial charge in [0.2, 0.25) is 0 Å². The first-order chi connectivity index (χ1) is 6.33. The summed E-state index contributed by atoms with van der Waals surface area (Å²) in [6, 6.07) is 0. The van der Waals surface area contributed by atoms with E-state index in [1.165, 1.54) is 0 Å². The lowest BCUT2D eigenvalue weighted by molar-refractivity contribution is -0.146. The smallest absolute Gasteiger partial charge is 0.307 e. The van der Waals surface area contributed by atoms with Gasteiger partial charge in [0.15, 0.2) is 0 Å². The topological polar surface area (TPSA) is 47.6 Å². The molecule has 1 rings (SSSR count). The molecule has 4 heteroatoms. The maximum absolute atomic E-state index is 11.0. The minimum absolute atomic E-state index is 0.138. The van der Waals surface area contributed by atoms with Gasteiger partial charge in [0.25, 0.3) is 0 Å². The maximum atomic E-state index is 11.0. The Bertz CT molecular complexity index is 155. The molecule has 13 heavy (non-hydrogen) atoms. The molecule has 4 nitrogen and oxygen atoms in total. The zero-order valence-electron chi connectivity index (χ0n) is 8.04. The van der Waals surface area contributed by atoms with Crippen molar-refractivity contribution in [1.29, 1.82) is 0 Å². The SMILES string of the molecule is CNCCC(=O)OCC1CCCO1. The summed E-state index contributed by atoms with van der Waals surface area (Å²) in [6.45, 7) is 1.89. The van der Waals surface area contributed by atoms with Crippen LogP contribution in [0.15, 0.2) is 0 Å². The molecule has 1 atom stereocenters. The maximum Gasteiger partial charge on any atom is 0.307 e. The fourth-order valence-electron chi connectivity index (χ4n) is 1.26. The lowest BCUT2D eigenvalue weighted by atomic mass is 10.2. The Morgan fingerprint density at radius 1 is 1.69 bits per heavy atom. The second-order valence-electron chi connectivity index (χ2n) is 3.17. The van der Waals surface area contributed by atoms with Crippen LogP contribution in [0, 0.1) is 0 Å². The van der Waals surface area contributed by atoms with Crippen LogP contribution in [0.5, 0.6) is 0 Å². The summed E-state index contributed by atoms with van der Waals surface area (Å²) in [4.78, 5) is 11.0. The van der Waals surface area contributed by atoms with Crippen LogP contribution in [0.2, 0.25) is 0 Å². The van der Waals surface area contributed by atoms with Gasteiger partial charge >= 0.3 is 5.97 Å². The third kappa shape index (κ3) is 4.24. The van der Waals surface area contributed by atoms with Crippen LogP contribution in [0.25, 0.3) is 0 Å². The highest BCUT2D eigenvalue weighted by Gasteiger charge is 2.16. The monoisotopic (exact) mass is 187 g/mol. The Balaban J connectivity index is 2.00. The van der Waals surface area contributed by atoms with Crippen molar-refractivity contribution < 1.29 is 14.3 Å². The molecule has 1 heterocycles. The highest BCUT2D eigenvalue weighted by molar-refractivity contribution is 5.69. The molecule has 1 aliphatic heterocycles. The molecular formula is C9H17NO3. The van der Waals surface area contributed by atoms with E-state index in [1.807, 2.05) is 7.05 Å². The summed E-state index contributed by atoms with van der Waals surface area (Å²) in [6.07, 6.45) is 2.67. The van der Waals surface area contributed by atoms with Crippen LogP contribution >= 0.6 is 0 Å². The van der Waals surface area contributed by atoms with E-state index >= 15 is 0 Å². The summed E-state index contributed by atoms with van der Waals surface area (Å²) in [5.74, 6) is -0.148. The number of ether oxygens (including phenoxy) is 2. The lowest BCUT2D eigenvalue weighted by Crippen LogP contribution is -2.20. The Kier molecular flexibility index (Phi) is 4.78. The lowest BCUT2D eigenvalue weighted by Gasteiger charge is -2.09. The molecule has 1 saturated heterocycles. The summed E-state index contributed by atoms with van der Waals surface area (Å²) in [5.41, 5.74) is 0. The van der Waals surface area contributed by atoms with Crippen molar-refractivity contribution >= 4 is 5.97 Å². The van der Waals surface area contributed by atoms with Gasteiger partial charge in [-0.25, -0.2) is 0 Å². The molecule has 0 amide bonds. The van der Waals surface area contributed by atoms with Crippen LogP contribution in [0.1, 0.15) is 19.3 Å². The molecule has 1 fully saturated rings. The van der Waals surface area contributed by atoms with Crippen LogP contribution in [-0.4, -0.2) is 38.9 Å². The predicted octanol–water partition coefficient (Wildman–Crippen LogP) is 0.318. The largest absolute Gasteiger partial charge is 0.463 e. The second kappa shape index (κ2) is 5.94. The van der Waals surface area contributed by atoms with E-state index in [2.05, 4.69) is 5.32 Å². The molecule has 0 bridgehead atoms. The zero-order chi connectivity index (χ0) is 9.52. The number of nitrogens with one attached hydrogen (secondary N) is 1. The standard InChI is InChI=1S/C9H17NO3/c1-10-5-4-9(11)13-7-8-3-2-6-12-8/h8,10H,2-7H2,1H3. The highest BCUT2D eigenvalue weighted by Crippen LogP contribution is 2.11. The van der Waals surface area contributed by atoms with E-state index in [0.29, 0.717) is 19.6 Å². The molecule has 0 saturated carbocycles. The number of hydrogen-bond donors (Lipinski definition) is 1. The van der Waals surface area contributed by atoms with Crippen LogP contribution in [0.3, 0.4) is 0 Å². The Labute approximate surface area is 78.6 Å². The molecule has 1 unspecified atom stereocenters. The third-order valence-corrected chi connectivity index (χ3v) is 2.03. The molecule has 0 aliphatic carbocycles. The predicted molar refractivity (Wildman–Crippen MR) is 48.5 cm³/mol. The van der Waals surface area contributed by atoms with Crippen LogP contribution in [0.4, 0.5) is 0 Å². The van der Waals surface area contributed by atoms with Crippen molar-refractivity contribution in [2.45, 2.75) is 25.4 Å². The van der Waals surface area contributed by atoms with Gasteiger partial charge in [-0.3, -0.25) is 4.79 Å². The van der Waals surface area contributed by atoms with Gasteiger partial charge in [0, 0.05) is 13.2 Å². The van der Waals surface area contributed by atoms with Gasteiger partial charge in [-0.05, 0) is 19.9 Å². The van der Waals surface area contributed by atoms with Crippen molar-refractivity contribution in [3.63, 3.8) is 0 Å². The first kappa shape index (κ1) is 10.5. The average Bonchev–Trinajstić information content (AvgIpc) is 2.64. The highest BCUT2D eigenvalue weighted by atomic mass is 16.6. The van der Waals surface area contributed by atoms with Crippen molar-refractivity contribution in [1.82, 2.24) is 5.32 Å². The number of carbonyl (C=O) groups excluding carboxylic acids is 1. The molecule has 1 N–H and O–H groups in total. The minimum atomic E-state index is -0.148. The van der Waals surface area contributed by atoms with Gasteiger partial charge in [0.1, 0.15) is 6.61 Å². The fourth-order valence-corrected chi connectivity index (χ4v) is 1.26. The molecule has 0 aromatic heterocycles. The summed E-state index contributed by atoms with van der Waals surface area (Å²) >= 11 is 0. The van der Waals surface area contributed by atoms with E-state index in [-0.39, 0.29) is 12.1 Å². The van der Waals surface area contributed by atoms with E-state index in [4.69, 9.17) is 9.47 Å². The van der Waals surface area contributed by atoms with Gasteiger partial charge in [-0.15, -0.1) is 0 Å². The summed E-state index contributed by atoms with van der Waals surface area (Å²) in [5, 5.41) is 2.89. The Hall–Kier alpha value is -0.610. The third-order valence-electron chi connectivity index (χ3n) is 2.03. The van der Waals surface area contributed by atoms with E-state index in [9.17, 15) is 4.79 Å². The quantitative estimate of drug-likeness (QED) is 0.630. The first-order valence-electron chi connectivity index (χ1n) is 4.74. The summed E-state index contributed by atoms with van der Waals surface area (Å²) < 4.78 is 10.3. The molecule has 0 aromatic rings. The van der Waals surface area contributed by atoms with Gasteiger partial charge in [0.05, 0.1) is 12.5 Å². The summed E-state index contributed by atoms with van der Waals surface area (Å²) in [7, 11) is 1.81. The van der Waals surface area contributed by atoms with E-state index < -0.39 is 0 Å². The molecule has 76 valence electrons. The number of rotatable bonds is 5. The minimum Gasteiger partial charge on any atom is -0.463 e. The van der Waals surface area contributed by atoms with Crippen molar-refractivity contribution in [3.05, 3.63) is 0 Å².